The highest BCUT2D eigenvalue weighted by Crippen LogP contribution is 2.18. The quantitative estimate of drug-likeness (QED) is 0.906. The van der Waals surface area contributed by atoms with E-state index in [0.717, 1.165) is 18.4 Å². The summed E-state index contributed by atoms with van der Waals surface area (Å²) < 4.78 is 5.38. The summed E-state index contributed by atoms with van der Waals surface area (Å²) in [5.41, 5.74) is 2.28. The topological polar surface area (TPSA) is 58.6 Å². The Balaban J connectivity index is 1.65. The van der Waals surface area contributed by atoms with E-state index in [1.807, 2.05) is 16.8 Å². The van der Waals surface area contributed by atoms with Gasteiger partial charge in [-0.25, -0.2) is 0 Å². The zero-order valence-corrected chi connectivity index (χ0v) is 14.3. The highest BCUT2D eigenvalue weighted by molar-refractivity contribution is 7.07. The minimum absolute atomic E-state index is 0.0746. The number of hydrogen-bond acceptors (Lipinski definition) is 4. The number of benzene rings is 1. The standard InChI is InChI=1S/C18H20N2O3S/c1-20(11-13-7-9-24-12-13)18(22)14-4-2-5-15(10-14)19-17(21)16-6-3-8-23-16/h2,4-5,7,9-10,12,16H,3,6,8,11H2,1H3,(H,19,21). The minimum atomic E-state index is -0.384. The number of thiophene rings is 1. The largest absolute Gasteiger partial charge is 0.368 e. The summed E-state index contributed by atoms with van der Waals surface area (Å²) in [6, 6.07) is 9.03. The van der Waals surface area contributed by atoms with Gasteiger partial charge >= 0.3 is 0 Å². The zero-order valence-electron chi connectivity index (χ0n) is 13.5. The van der Waals surface area contributed by atoms with E-state index in [1.54, 1.807) is 47.5 Å². The fraction of sp³-hybridized carbons (Fsp3) is 0.333. The molecule has 6 heteroatoms. The molecular formula is C18H20N2O3S. The smallest absolute Gasteiger partial charge is 0.253 e. The van der Waals surface area contributed by atoms with Crippen LogP contribution in [0.1, 0.15) is 28.8 Å². The monoisotopic (exact) mass is 344 g/mol. The van der Waals surface area contributed by atoms with Gasteiger partial charge in [-0.1, -0.05) is 6.07 Å². The number of nitrogens with zero attached hydrogens (tertiary/aromatic N) is 1. The van der Waals surface area contributed by atoms with E-state index in [9.17, 15) is 9.59 Å². The second-order valence-electron chi connectivity index (χ2n) is 5.86. The summed E-state index contributed by atoms with van der Waals surface area (Å²) in [5.74, 6) is -0.224. The maximum atomic E-state index is 12.6. The molecule has 1 aromatic carbocycles. The lowest BCUT2D eigenvalue weighted by Crippen LogP contribution is -2.28. The van der Waals surface area contributed by atoms with E-state index >= 15 is 0 Å². The second-order valence-corrected chi connectivity index (χ2v) is 6.64. The van der Waals surface area contributed by atoms with Gasteiger partial charge in [-0.2, -0.15) is 11.3 Å². The van der Waals surface area contributed by atoms with E-state index in [4.69, 9.17) is 4.74 Å². The maximum absolute atomic E-state index is 12.6. The third kappa shape index (κ3) is 4.01. The molecule has 1 aromatic heterocycles. The summed E-state index contributed by atoms with van der Waals surface area (Å²) in [6.45, 7) is 1.19. The molecule has 1 N–H and O–H groups in total. The van der Waals surface area contributed by atoms with E-state index in [2.05, 4.69) is 5.32 Å². The molecular weight excluding hydrogens is 324 g/mol. The number of ether oxygens (including phenoxy) is 1. The molecule has 2 amide bonds. The molecule has 1 fully saturated rings. The summed E-state index contributed by atoms with van der Waals surface area (Å²) in [4.78, 5) is 26.3. The Kier molecular flexibility index (Phi) is 5.27. The molecule has 1 saturated heterocycles. The zero-order chi connectivity index (χ0) is 16.9. The molecule has 0 aliphatic carbocycles. The molecule has 1 atom stereocenters. The minimum Gasteiger partial charge on any atom is -0.368 e. The van der Waals surface area contributed by atoms with Gasteiger partial charge in [-0.3, -0.25) is 9.59 Å². The van der Waals surface area contributed by atoms with Crippen LogP contribution in [0.4, 0.5) is 5.69 Å². The van der Waals surface area contributed by atoms with Crippen molar-refractivity contribution in [2.24, 2.45) is 0 Å². The first-order valence-corrected chi connectivity index (χ1v) is 8.87. The average molecular weight is 344 g/mol. The van der Waals surface area contributed by atoms with Crippen LogP contribution in [-0.4, -0.2) is 36.5 Å². The number of rotatable bonds is 5. The maximum Gasteiger partial charge on any atom is 0.253 e. The molecule has 0 saturated carbocycles. The summed E-state index contributed by atoms with van der Waals surface area (Å²) in [6.07, 6.45) is 1.27. The van der Waals surface area contributed by atoms with Gasteiger partial charge in [-0.15, -0.1) is 0 Å². The molecule has 2 heterocycles. The molecule has 24 heavy (non-hydrogen) atoms. The predicted molar refractivity (Wildman–Crippen MR) is 94.2 cm³/mol. The van der Waals surface area contributed by atoms with E-state index in [1.165, 1.54) is 0 Å². The third-order valence-corrected chi connectivity index (χ3v) is 4.68. The van der Waals surface area contributed by atoms with Crippen LogP contribution in [0.2, 0.25) is 0 Å². The Labute approximate surface area is 145 Å². The van der Waals surface area contributed by atoms with Crippen LogP contribution in [-0.2, 0) is 16.1 Å². The molecule has 0 radical (unpaired) electrons. The van der Waals surface area contributed by atoms with Crippen LogP contribution in [0.25, 0.3) is 0 Å². The molecule has 5 nitrogen and oxygen atoms in total. The van der Waals surface area contributed by atoms with Crippen molar-refractivity contribution in [3.05, 3.63) is 52.2 Å². The lowest BCUT2D eigenvalue weighted by molar-refractivity contribution is -0.124. The van der Waals surface area contributed by atoms with E-state index in [0.29, 0.717) is 24.4 Å². The lowest BCUT2D eigenvalue weighted by Gasteiger charge is -2.17. The van der Waals surface area contributed by atoms with Crippen LogP contribution in [0.5, 0.6) is 0 Å². The summed E-state index contributed by atoms with van der Waals surface area (Å²) in [5, 5.41) is 6.86. The van der Waals surface area contributed by atoms with Crippen LogP contribution in [0.15, 0.2) is 41.1 Å². The number of anilines is 1. The first-order chi connectivity index (χ1) is 11.6. The van der Waals surface area contributed by atoms with Gasteiger partial charge in [0.25, 0.3) is 11.8 Å². The Morgan fingerprint density at radius 3 is 2.96 bits per heavy atom. The Morgan fingerprint density at radius 1 is 1.38 bits per heavy atom. The van der Waals surface area contributed by atoms with Crippen molar-refractivity contribution in [2.75, 3.05) is 19.0 Å². The third-order valence-electron chi connectivity index (χ3n) is 3.95. The summed E-state index contributed by atoms with van der Waals surface area (Å²) in [7, 11) is 1.78. The molecule has 1 unspecified atom stereocenters. The van der Waals surface area contributed by atoms with Crippen molar-refractivity contribution < 1.29 is 14.3 Å². The van der Waals surface area contributed by atoms with Crippen LogP contribution >= 0.6 is 11.3 Å². The predicted octanol–water partition coefficient (Wildman–Crippen LogP) is 3.14. The molecule has 2 aromatic rings. The number of carbonyl (C=O) groups excluding carboxylic acids is 2. The van der Waals surface area contributed by atoms with Gasteiger partial charge in [0.1, 0.15) is 6.10 Å². The number of hydrogen-bond donors (Lipinski definition) is 1. The van der Waals surface area contributed by atoms with Crippen molar-refractivity contribution in [3.8, 4) is 0 Å². The molecule has 3 rings (SSSR count). The van der Waals surface area contributed by atoms with E-state index < -0.39 is 0 Å². The van der Waals surface area contributed by atoms with Crippen LogP contribution < -0.4 is 5.32 Å². The number of nitrogens with one attached hydrogen (secondary N) is 1. The van der Waals surface area contributed by atoms with Gasteiger partial charge < -0.3 is 15.0 Å². The normalized spacial score (nSPS) is 16.8. The fourth-order valence-electron chi connectivity index (χ4n) is 2.69. The summed E-state index contributed by atoms with van der Waals surface area (Å²) >= 11 is 1.61. The average Bonchev–Trinajstić information content (AvgIpc) is 3.28. The first-order valence-electron chi connectivity index (χ1n) is 7.92. The van der Waals surface area contributed by atoms with Crippen molar-refractivity contribution in [1.82, 2.24) is 4.90 Å². The molecule has 1 aliphatic rings. The lowest BCUT2D eigenvalue weighted by atomic mass is 10.1. The van der Waals surface area contributed by atoms with E-state index in [-0.39, 0.29) is 17.9 Å². The molecule has 0 spiro atoms. The number of carbonyl (C=O) groups is 2. The molecule has 0 bridgehead atoms. The van der Waals surface area contributed by atoms with Crippen molar-refractivity contribution >= 4 is 28.8 Å². The van der Waals surface area contributed by atoms with Gasteiger partial charge in [0, 0.05) is 31.5 Å². The van der Waals surface area contributed by atoms with Crippen molar-refractivity contribution in [1.29, 1.82) is 0 Å². The first kappa shape index (κ1) is 16.7. The van der Waals surface area contributed by atoms with Gasteiger partial charge in [-0.05, 0) is 53.4 Å². The van der Waals surface area contributed by atoms with Crippen LogP contribution in [0.3, 0.4) is 0 Å². The van der Waals surface area contributed by atoms with Gasteiger partial charge in [0.2, 0.25) is 0 Å². The van der Waals surface area contributed by atoms with Gasteiger partial charge in [0.15, 0.2) is 0 Å². The highest BCUT2D eigenvalue weighted by Gasteiger charge is 2.23. The van der Waals surface area contributed by atoms with Crippen molar-refractivity contribution in [3.63, 3.8) is 0 Å². The van der Waals surface area contributed by atoms with Crippen LogP contribution in [0, 0.1) is 0 Å². The Hall–Kier alpha value is -2.18. The van der Waals surface area contributed by atoms with Gasteiger partial charge in [0.05, 0.1) is 0 Å². The Bertz CT molecular complexity index is 709. The number of amides is 2. The van der Waals surface area contributed by atoms with Crippen molar-refractivity contribution in [2.45, 2.75) is 25.5 Å². The molecule has 126 valence electrons. The highest BCUT2D eigenvalue weighted by atomic mass is 32.1. The fourth-order valence-corrected chi connectivity index (χ4v) is 3.35. The second kappa shape index (κ2) is 7.59. The Morgan fingerprint density at radius 2 is 2.25 bits per heavy atom. The molecule has 1 aliphatic heterocycles. The SMILES string of the molecule is CN(Cc1ccsc1)C(=O)c1cccc(NC(=O)C2CCCO2)c1.